The molecule has 0 aromatic heterocycles. The molecular weight excluding hydrogens is 387 g/mol. The molecule has 0 N–H and O–H groups in total. The summed E-state index contributed by atoms with van der Waals surface area (Å²) in [6.45, 7) is 2.02. The highest BCUT2D eigenvalue weighted by atomic mass is 79.9. The first kappa shape index (κ1) is 20.1. The van der Waals surface area contributed by atoms with Gasteiger partial charge in [0, 0.05) is 0 Å². The average Bonchev–Trinajstić information content (AvgIpc) is 2.68. The molecule has 2 aliphatic carbocycles. The van der Waals surface area contributed by atoms with Gasteiger partial charge in [-0.05, 0) is 104 Å². The van der Waals surface area contributed by atoms with Gasteiger partial charge < -0.3 is 0 Å². The molecule has 0 nitrogen and oxygen atoms in total. The van der Waals surface area contributed by atoms with E-state index in [2.05, 4.69) is 28.1 Å². The lowest BCUT2D eigenvalue weighted by molar-refractivity contribution is 0.153. The Labute approximate surface area is 167 Å². The number of aryl methyl sites for hydroxylation is 2. The van der Waals surface area contributed by atoms with Gasteiger partial charge in [-0.25, -0.2) is 4.39 Å². The van der Waals surface area contributed by atoms with Crippen LogP contribution in [0.4, 0.5) is 4.39 Å². The van der Waals surface area contributed by atoms with E-state index in [1.165, 1.54) is 63.4 Å². The quantitative estimate of drug-likeness (QED) is 0.439. The van der Waals surface area contributed by atoms with Gasteiger partial charge in [0.1, 0.15) is 5.82 Å². The molecule has 144 valence electrons. The lowest BCUT2D eigenvalue weighted by Crippen LogP contribution is -2.25. The third-order valence-corrected chi connectivity index (χ3v) is 7.36. The van der Waals surface area contributed by atoms with Gasteiger partial charge in [0.25, 0.3) is 0 Å². The maximum absolute atomic E-state index is 13.9. The molecule has 0 aliphatic heterocycles. The number of benzene rings is 1. The van der Waals surface area contributed by atoms with E-state index < -0.39 is 0 Å². The Balaban J connectivity index is 1.39. The van der Waals surface area contributed by atoms with E-state index in [1.54, 1.807) is 6.07 Å². The van der Waals surface area contributed by atoms with E-state index in [9.17, 15) is 4.39 Å². The van der Waals surface area contributed by atoms with Gasteiger partial charge in [0.15, 0.2) is 0 Å². The minimum Gasteiger partial charge on any atom is -0.207 e. The molecule has 0 atom stereocenters. The standard InChI is InChI=1S/C24H34BrF/c1-2-21-10-9-20(17-24(21)26)4-3-18-5-11-22(12-6-18)23-13-7-19(8-14-23)15-16-25/h9-10,15-19,22-23H,2-8,11-14H2,1H3. The summed E-state index contributed by atoms with van der Waals surface area (Å²) in [5.41, 5.74) is 2.02. The van der Waals surface area contributed by atoms with Gasteiger partial charge in [-0.3, -0.25) is 0 Å². The minimum absolute atomic E-state index is 0.0148. The molecule has 2 saturated carbocycles. The molecule has 2 fully saturated rings. The Bertz CT molecular complexity index is 578. The second kappa shape index (κ2) is 10.1. The minimum atomic E-state index is -0.0148. The van der Waals surface area contributed by atoms with E-state index in [0.717, 1.165) is 42.1 Å². The van der Waals surface area contributed by atoms with Crippen LogP contribution >= 0.6 is 15.9 Å². The smallest absolute Gasteiger partial charge is 0.126 e. The predicted molar refractivity (Wildman–Crippen MR) is 113 cm³/mol. The van der Waals surface area contributed by atoms with Crippen molar-refractivity contribution in [3.05, 3.63) is 46.2 Å². The molecule has 2 heteroatoms. The van der Waals surface area contributed by atoms with E-state index in [-0.39, 0.29) is 5.82 Å². The first-order chi connectivity index (χ1) is 12.7. The Kier molecular flexibility index (Phi) is 7.78. The molecule has 0 amide bonds. The van der Waals surface area contributed by atoms with Crippen LogP contribution in [0.25, 0.3) is 0 Å². The van der Waals surface area contributed by atoms with Crippen molar-refractivity contribution in [3.8, 4) is 0 Å². The molecule has 3 rings (SSSR count). The molecule has 1 aromatic rings. The third kappa shape index (κ3) is 5.44. The van der Waals surface area contributed by atoms with E-state index in [0.29, 0.717) is 0 Å². The van der Waals surface area contributed by atoms with Crippen molar-refractivity contribution in [2.75, 3.05) is 0 Å². The third-order valence-electron chi connectivity index (χ3n) is 7.06. The Morgan fingerprint density at radius 3 is 2.23 bits per heavy atom. The van der Waals surface area contributed by atoms with Gasteiger partial charge in [-0.15, -0.1) is 0 Å². The second-order valence-electron chi connectivity index (χ2n) is 8.59. The summed E-state index contributed by atoms with van der Waals surface area (Å²) in [7, 11) is 0. The topological polar surface area (TPSA) is 0 Å². The van der Waals surface area contributed by atoms with Gasteiger partial charge in [-0.2, -0.15) is 0 Å². The number of hydrogen-bond donors (Lipinski definition) is 0. The van der Waals surface area contributed by atoms with Gasteiger partial charge in [-0.1, -0.05) is 53.9 Å². The van der Waals surface area contributed by atoms with Crippen LogP contribution in [0, 0.1) is 29.5 Å². The zero-order chi connectivity index (χ0) is 18.4. The van der Waals surface area contributed by atoms with Crippen molar-refractivity contribution in [1.82, 2.24) is 0 Å². The molecule has 0 heterocycles. The highest BCUT2D eigenvalue weighted by Crippen LogP contribution is 2.42. The molecule has 0 saturated heterocycles. The van der Waals surface area contributed by atoms with Crippen molar-refractivity contribution in [2.45, 2.75) is 77.6 Å². The van der Waals surface area contributed by atoms with Crippen LogP contribution < -0.4 is 0 Å². The number of rotatable bonds is 6. The van der Waals surface area contributed by atoms with E-state index in [4.69, 9.17) is 0 Å². The van der Waals surface area contributed by atoms with Crippen molar-refractivity contribution < 1.29 is 4.39 Å². The summed E-state index contributed by atoms with van der Waals surface area (Å²) < 4.78 is 13.9. The number of hydrogen-bond acceptors (Lipinski definition) is 0. The molecule has 0 unspecified atom stereocenters. The van der Waals surface area contributed by atoms with Crippen molar-refractivity contribution in [2.24, 2.45) is 23.7 Å². The fraction of sp³-hybridized carbons (Fsp3) is 0.667. The lowest BCUT2D eigenvalue weighted by Gasteiger charge is -2.37. The molecule has 0 spiro atoms. The Morgan fingerprint density at radius 1 is 1.00 bits per heavy atom. The summed E-state index contributed by atoms with van der Waals surface area (Å²) in [5, 5.41) is 0. The van der Waals surface area contributed by atoms with Crippen LogP contribution in [0.2, 0.25) is 0 Å². The molecule has 26 heavy (non-hydrogen) atoms. The van der Waals surface area contributed by atoms with Crippen molar-refractivity contribution in [1.29, 1.82) is 0 Å². The van der Waals surface area contributed by atoms with Crippen LogP contribution in [0.15, 0.2) is 29.3 Å². The summed E-state index contributed by atoms with van der Waals surface area (Å²) in [6.07, 6.45) is 16.7. The Morgan fingerprint density at radius 2 is 1.65 bits per heavy atom. The Hall–Kier alpha value is -0.630. The zero-order valence-electron chi connectivity index (χ0n) is 16.2. The van der Waals surface area contributed by atoms with Gasteiger partial charge in [0.05, 0.1) is 0 Å². The van der Waals surface area contributed by atoms with Crippen LogP contribution in [0.5, 0.6) is 0 Å². The molecular formula is C24H34BrF. The highest BCUT2D eigenvalue weighted by Gasteiger charge is 2.30. The second-order valence-corrected chi connectivity index (χ2v) is 9.12. The van der Waals surface area contributed by atoms with Crippen molar-refractivity contribution >= 4 is 15.9 Å². The molecule has 2 aliphatic rings. The predicted octanol–water partition coefficient (Wildman–Crippen LogP) is 7.84. The summed E-state index contributed by atoms with van der Waals surface area (Å²) in [5.74, 6) is 3.60. The maximum Gasteiger partial charge on any atom is 0.126 e. The summed E-state index contributed by atoms with van der Waals surface area (Å²) in [4.78, 5) is 2.05. The maximum atomic E-state index is 13.9. The molecule has 0 radical (unpaired) electrons. The monoisotopic (exact) mass is 420 g/mol. The number of halogens is 2. The first-order valence-electron chi connectivity index (χ1n) is 10.7. The largest absolute Gasteiger partial charge is 0.207 e. The average molecular weight is 421 g/mol. The fourth-order valence-electron chi connectivity index (χ4n) is 5.26. The van der Waals surface area contributed by atoms with Gasteiger partial charge >= 0.3 is 0 Å². The first-order valence-corrected chi connectivity index (χ1v) is 11.6. The molecule has 0 bridgehead atoms. The van der Waals surface area contributed by atoms with Crippen molar-refractivity contribution in [3.63, 3.8) is 0 Å². The van der Waals surface area contributed by atoms with Crippen LogP contribution in [-0.2, 0) is 12.8 Å². The lowest BCUT2D eigenvalue weighted by atomic mass is 9.68. The zero-order valence-corrected chi connectivity index (χ0v) is 17.8. The van der Waals surface area contributed by atoms with E-state index in [1.807, 2.05) is 18.0 Å². The SMILES string of the molecule is CCc1ccc(CCC2CCC(C3CCC(C=CBr)CC3)CC2)cc1F. The summed E-state index contributed by atoms with van der Waals surface area (Å²) in [6, 6.07) is 5.88. The van der Waals surface area contributed by atoms with Crippen LogP contribution in [0.1, 0.15) is 75.8 Å². The normalized spacial score (nSPS) is 30.0. The highest BCUT2D eigenvalue weighted by molar-refractivity contribution is 9.11. The summed E-state index contributed by atoms with van der Waals surface area (Å²) >= 11 is 3.42. The fourth-order valence-corrected chi connectivity index (χ4v) is 5.70. The molecule has 1 aromatic carbocycles. The van der Waals surface area contributed by atoms with Crippen LogP contribution in [-0.4, -0.2) is 0 Å². The number of allylic oxidation sites excluding steroid dienone is 1. The van der Waals surface area contributed by atoms with E-state index >= 15 is 0 Å². The van der Waals surface area contributed by atoms with Gasteiger partial charge in [0.2, 0.25) is 0 Å². The van der Waals surface area contributed by atoms with Crippen LogP contribution in [0.3, 0.4) is 0 Å².